The number of fused-ring (bicyclic) bond motifs is 1. The molecule has 0 aliphatic heterocycles. The van der Waals surface area contributed by atoms with Gasteiger partial charge in [-0.3, -0.25) is 4.79 Å². The van der Waals surface area contributed by atoms with Gasteiger partial charge in [0.15, 0.2) is 6.61 Å². The van der Waals surface area contributed by atoms with Crippen LogP contribution < -0.4 is 10.2 Å². The predicted octanol–water partition coefficient (Wildman–Crippen LogP) is 4.93. The van der Waals surface area contributed by atoms with E-state index in [2.05, 4.69) is 17.5 Å². The molecule has 27 heavy (non-hydrogen) atoms. The van der Waals surface area contributed by atoms with E-state index in [0.717, 1.165) is 41.3 Å². The van der Waals surface area contributed by atoms with Crippen molar-refractivity contribution in [1.29, 1.82) is 0 Å². The van der Waals surface area contributed by atoms with Crippen molar-refractivity contribution in [3.8, 4) is 5.75 Å². The molecule has 138 valence electrons. The Morgan fingerprint density at radius 2 is 1.70 bits per heavy atom. The molecule has 4 nitrogen and oxygen atoms in total. The molecule has 0 radical (unpaired) electrons. The van der Waals surface area contributed by atoms with Crippen LogP contribution >= 0.6 is 0 Å². The lowest BCUT2D eigenvalue weighted by Crippen LogP contribution is -2.26. The highest BCUT2D eigenvalue weighted by molar-refractivity contribution is 6.01. The normalized spacial score (nSPS) is 11.4. The van der Waals surface area contributed by atoms with Crippen molar-refractivity contribution in [3.05, 3.63) is 78.4 Å². The Bertz CT molecular complexity index is 920. The van der Waals surface area contributed by atoms with Crippen molar-refractivity contribution in [2.75, 3.05) is 6.61 Å². The number of amides is 1. The molecule has 4 heteroatoms. The molecule has 0 saturated heterocycles. The fourth-order valence-corrected chi connectivity index (χ4v) is 2.81. The smallest absolute Gasteiger partial charge is 0.277 e. The predicted molar refractivity (Wildman–Crippen MR) is 110 cm³/mol. The van der Waals surface area contributed by atoms with Crippen LogP contribution in [0, 0.1) is 0 Å². The third-order valence-corrected chi connectivity index (χ3v) is 4.28. The minimum Gasteiger partial charge on any atom is -0.484 e. The average Bonchev–Trinajstić information content (AvgIpc) is 2.73. The van der Waals surface area contributed by atoms with Crippen molar-refractivity contribution in [3.63, 3.8) is 0 Å². The van der Waals surface area contributed by atoms with Crippen LogP contribution in [0.15, 0.2) is 77.9 Å². The van der Waals surface area contributed by atoms with Gasteiger partial charge in [-0.15, -0.1) is 0 Å². The number of carbonyl (C=O) groups excluding carboxylic acids is 1. The number of nitrogens with zero attached hydrogens (tertiary/aromatic N) is 1. The van der Waals surface area contributed by atoms with Crippen LogP contribution in [-0.2, 0) is 4.79 Å². The molecule has 0 fully saturated rings. The highest BCUT2D eigenvalue weighted by Crippen LogP contribution is 2.20. The molecule has 0 saturated carbocycles. The Balaban J connectivity index is 1.60. The highest BCUT2D eigenvalue weighted by atomic mass is 16.5. The van der Waals surface area contributed by atoms with Crippen molar-refractivity contribution >= 4 is 22.4 Å². The van der Waals surface area contributed by atoms with E-state index in [0.29, 0.717) is 5.75 Å². The molecule has 3 aromatic rings. The summed E-state index contributed by atoms with van der Waals surface area (Å²) in [7, 11) is 0. The van der Waals surface area contributed by atoms with E-state index in [1.54, 1.807) is 0 Å². The lowest BCUT2D eigenvalue weighted by Gasteiger charge is -2.09. The number of nitrogens with one attached hydrogen (secondary N) is 1. The van der Waals surface area contributed by atoms with Gasteiger partial charge in [-0.25, -0.2) is 5.43 Å². The molecule has 1 N–H and O–H groups in total. The first-order valence-corrected chi connectivity index (χ1v) is 9.28. The van der Waals surface area contributed by atoms with Crippen LogP contribution in [0.25, 0.3) is 10.8 Å². The topological polar surface area (TPSA) is 50.7 Å². The van der Waals surface area contributed by atoms with Crippen molar-refractivity contribution in [1.82, 2.24) is 5.43 Å². The van der Waals surface area contributed by atoms with Gasteiger partial charge in [-0.2, -0.15) is 5.10 Å². The van der Waals surface area contributed by atoms with Crippen LogP contribution in [-0.4, -0.2) is 18.2 Å². The Labute approximate surface area is 159 Å². The average molecular weight is 360 g/mol. The van der Waals surface area contributed by atoms with E-state index in [1.807, 2.05) is 72.8 Å². The first-order chi connectivity index (χ1) is 13.3. The summed E-state index contributed by atoms with van der Waals surface area (Å²) in [6.07, 6.45) is 2.92. The second-order valence-corrected chi connectivity index (χ2v) is 6.36. The zero-order chi connectivity index (χ0) is 18.9. The maximum absolute atomic E-state index is 12.1. The first-order valence-electron chi connectivity index (χ1n) is 9.28. The number of unbranched alkanes of at least 4 members (excludes halogenated alkanes) is 1. The summed E-state index contributed by atoms with van der Waals surface area (Å²) in [5.74, 6) is 0.398. The quantitative estimate of drug-likeness (QED) is 0.457. The number of carbonyl (C=O) groups is 1. The van der Waals surface area contributed by atoms with Crippen LogP contribution in [0.2, 0.25) is 0 Å². The molecule has 0 aromatic heterocycles. The maximum Gasteiger partial charge on any atom is 0.277 e. The fourth-order valence-electron chi connectivity index (χ4n) is 2.81. The van der Waals surface area contributed by atoms with E-state index >= 15 is 0 Å². The van der Waals surface area contributed by atoms with Crippen molar-refractivity contribution in [2.24, 2.45) is 5.10 Å². The molecule has 0 aliphatic rings. The Morgan fingerprint density at radius 1 is 0.963 bits per heavy atom. The zero-order valence-corrected chi connectivity index (χ0v) is 15.5. The van der Waals surface area contributed by atoms with Crippen LogP contribution in [0.5, 0.6) is 5.75 Å². The van der Waals surface area contributed by atoms with E-state index in [9.17, 15) is 4.79 Å². The van der Waals surface area contributed by atoms with Crippen LogP contribution in [0.4, 0.5) is 0 Å². The summed E-state index contributed by atoms with van der Waals surface area (Å²) in [4.78, 5) is 12.1. The van der Waals surface area contributed by atoms with Crippen LogP contribution in [0.3, 0.4) is 0 Å². The maximum atomic E-state index is 12.1. The van der Waals surface area contributed by atoms with Gasteiger partial charge in [0.25, 0.3) is 5.91 Å². The van der Waals surface area contributed by atoms with E-state index in [4.69, 9.17) is 4.74 Å². The molecular weight excluding hydrogens is 336 g/mol. The van der Waals surface area contributed by atoms with E-state index in [-0.39, 0.29) is 12.5 Å². The zero-order valence-electron chi connectivity index (χ0n) is 15.5. The summed E-state index contributed by atoms with van der Waals surface area (Å²) < 4.78 is 5.61. The molecule has 0 spiro atoms. The van der Waals surface area contributed by atoms with Crippen LogP contribution in [0.1, 0.15) is 31.7 Å². The fraction of sp³-hybridized carbons (Fsp3) is 0.217. The Morgan fingerprint density at radius 3 is 2.48 bits per heavy atom. The van der Waals surface area contributed by atoms with Gasteiger partial charge in [0.05, 0.1) is 5.71 Å². The number of hydrazone groups is 1. The SMILES string of the molecule is CCCC/C(=N/NC(=O)COc1ccc2ccccc2c1)c1ccccc1. The summed E-state index contributed by atoms with van der Waals surface area (Å²) in [6.45, 7) is 2.07. The number of rotatable bonds is 8. The molecule has 3 rings (SSSR count). The molecule has 0 aliphatic carbocycles. The molecular formula is C23H24N2O2. The third kappa shape index (κ3) is 5.42. The monoisotopic (exact) mass is 360 g/mol. The van der Waals surface area contributed by atoms with Gasteiger partial charge in [0, 0.05) is 0 Å². The largest absolute Gasteiger partial charge is 0.484 e. The Hall–Kier alpha value is -3.14. The second kappa shape index (κ2) is 9.53. The van der Waals surface area contributed by atoms with Gasteiger partial charge in [0.1, 0.15) is 5.75 Å². The summed E-state index contributed by atoms with van der Waals surface area (Å²) >= 11 is 0. The summed E-state index contributed by atoms with van der Waals surface area (Å²) in [5.41, 5.74) is 4.54. The third-order valence-electron chi connectivity index (χ3n) is 4.28. The number of benzene rings is 3. The van der Waals surface area contributed by atoms with Gasteiger partial charge in [-0.05, 0) is 41.3 Å². The highest BCUT2D eigenvalue weighted by Gasteiger charge is 2.06. The molecule has 1 amide bonds. The lowest BCUT2D eigenvalue weighted by atomic mass is 10.1. The standard InChI is InChI=1S/C23H24N2O2/c1-2-3-13-22(19-10-5-4-6-11-19)24-25-23(26)17-27-21-15-14-18-9-7-8-12-20(18)16-21/h4-12,14-16H,2-3,13,17H2,1H3,(H,25,26)/b24-22-. The second-order valence-electron chi connectivity index (χ2n) is 6.36. The van der Waals surface area contributed by atoms with E-state index < -0.39 is 0 Å². The summed E-state index contributed by atoms with van der Waals surface area (Å²) in [5, 5.41) is 6.55. The van der Waals surface area contributed by atoms with Crippen molar-refractivity contribution < 1.29 is 9.53 Å². The van der Waals surface area contributed by atoms with Gasteiger partial charge in [0.2, 0.25) is 0 Å². The first kappa shape index (κ1) is 18.6. The molecule has 0 bridgehead atoms. The molecule has 0 unspecified atom stereocenters. The van der Waals surface area contributed by atoms with Gasteiger partial charge >= 0.3 is 0 Å². The molecule has 3 aromatic carbocycles. The minimum atomic E-state index is -0.270. The van der Waals surface area contributed by atoms with Crippen molar-refractivity contribution in [2.45, 2.75) is 26.2 Å². The minimum absolute atomic E-state index is 0.0717. The van der Waals surface area contributed by atoms with Gasteiger partial charge in [-0.1, -0.05) is 74.0 Å². The lowest BCUT2D eigenvalue weighted by molar-refractivity contribution is -0.123. The summed E-state index contributed by atoms with van der Waals surface area (Å²) in [6, 6.07) is 23.8. The molecule has 0 heterocycles. The number of hydrogen-bond donors (Lipinski definition) is 1. The van der Waals surface area contributed by atoms with E-state index in [1.165, 1.54) is 0 Å². The Kier molecular flexibility index (Phi) is 6.58. The molecule has 0 atom stereocenters. The number of ether oxygens (including phenoxy) is 1. The number of hydrogen-bond acceptors (Lipinski definition) is 3. The van der Waals surface area contributed by atoms with Gasteiger partial charge < -0.3 is 4.74 Å².